The summed E-state index contributed by atoms with van der Waals surface area (Å²) in [7, 11) is 0. The van der Waals surface area contributed by atoms with Gasteiger partial charge < -0.3 is 20.3 Å². The van der Waals surface area contributed by atoms with E-state index in [-0.39, 0.29) is 18.3 Å². The van der Waals surface area contributed by atoms with E-state index >= 15 is 0 Å². The van der Waals surface area contributed by atoms with Gasteiger partial charge in [-0.2, -0.15) is 4.98 Å². The van der Waals surface area contributed by atoms with Gasteiger partial charge in [-0.3, -0.25) is 4.79 Å². The minimum atomic E-state index is 0. The molecule has 0 unspecified atom stereocenters. The molecule has 26 heavy (non-hydrogen) atoms. The average Bonchev–Trinajstić information content (AvgIpc) is 2.68. The van der Waals surface area contributed by atoms with E-state index < -0.39 is 0 Å². The number of carbonyl (C=O) groups excluding carboxylic acids is 1. The molecule has 3 rings (SSSR count). The summed E-state index contributed by atoms with van der Waals surface area (Å²) in [4.78, 5) is 25.3. The number of nitrogens with zero attached hydrogens (tertiary/aromatic N) is 4. The lowest BCUT2D eigenvalue weighted by molar-refractivity contribution is 0.0746. The Bertz CT molecular complexity index is 718. The highest BCUT2D eigenvalue weighted by molar-refractivity contribution is 5.94. The summed E-state index contributed by atoms with van der Waals surface area (Å²) in [5, 5.41) is 0. The third-order valence-electron chi connectivity index (χ3n) is 4.20. The lowest BCUT2D eigenvalue weighted by Crippen LogP contribution is -2.49. The van der Waals surface area contributed by atoms with E-state index in [9.17, 15) is 4.79 Å². The Hall–Kier alpha value is -2.38. The Labute approximate surface area is 159 Å². The fourth-order valence-electron chi connectivity index (χ4n) is 2.79. The van der Waals surface area contributed by atoms with E-state index in [1.165, 1.54) is 0 Å². The highest BCUT2D eigenvalue weighted by Gasteiger charge is 2.23. The van der Waals surface area contributed by atoms with Crippen LogP contribution >= 0.6 is 12.4 Å². The molecule has 0 saturated carbocycles. The molecule has 1 amide bonds. The third kappa shape index (κ3) is 4.62. The van der Waals surface area contributed by atoms with Gasteiger partial charge in [-0.05, 0) is 24.6 Å². The van der Waals surface area contributed by atoms with Gasteiger partial charge in [0.05, 0.1) is 6.61 Å². The van der Waals surface area contributed by atoms with Crippen molar-refractivity contribution >= 4 is 24.3 Å². The van der Waals surface area contributed by atoms with Gasteiger partial charge in [0, 0.05) is 50.6 Å². The van der Waals surface area contributed by atoms with Crippen LogP contribution in [0.4, 0.5) is 5.95 Å². The molecule has 0 spiro atoms. The van der Waals surface area contributed by atoms with Gasteiger partial charge in [-0.15, -0.1) is 12.4 Å². The third-order valence-corrected chi connectivity index (χ3v) is 4.20. The molecule has 1 aliphatic heterocycles. The number of hydrogen-bond donors (Lipinski definition) is 1. The molecule has 2 heterocycles. The van der Waals surface area contributed by atoms with Gasteiger partial charge in [-0.25, -0.2) is 4.98 Å². The lowest BCUT2D eigenvalue weighted by Gasteiger charge is -2.34. The number of halogens is 1. The zero-order chi connectivity index (χ0) is 17.6. The van der Waals surface area contributed by atoms with Crippen LogP contribution in [0.2, 0.25) is 0 Å². The molecule has 1 saturated heterocycles. The number of ether oxygens (including phenoxy) is 1. The molecular formula is C18H24ClN5O2. The van der Waals surface area contributed by atoms with Gasteiger partial charge in [-0.1, -0.05) is 12.1 Å². The summed E-state index contributed by atoms with van der Waals surface area (Å²) in [6.45, 7) is 5.64. The Kier molecular flexibility index (Phi) is 7.17. The summed E-state index contributed by atoms with van der Waals surface area (Å²) < 4.78 is 5.42. The molecule has 140 valence electrons. The molecule has 8 heteroatoms. The lowest BCUT2D eigenvalue weighted by atomic mass is 10.1. The molecule has 1 aliphatic rings. The second kappa shape index (κ2) is 9.35. The zero-order valence-electron chi connectivity index (χ0n) is 14.8. The smallest absolute Gasteiger partial charge is 0.253 e. The highest BCUT2D eigenvalue weighted by atomic mass is 35.5. The van der Waals surface area contributed by atoms with E-state index in [2.05, 4.69) is 14.9 Å². The number of piperazine rings is 1. The average molecular weight is 378 g/mol. The topological polar surface area (TPSA) is 84.6 Å². The van der Waals surface area contributed by atoms with Crippen molar-refractivity contribution in [3.05, 3.63) is 47.7 Å². The van der Waals surface area contributed by atoms with Crippen molar-refractivity contribution in [1.82, 2.24) is 14.9 Å². The van der Waals surface area contributed by atoms with Crippen LogP contribution in [-0.2, 0) is 6.54 Å². The van der Waals surface area contributed by atoms with Crippen LogP contribution in [-0.4, -0.2) is 53.6 Å². The summed E-state index contributed by atoms with van der Waals surface area (Å²) in [6, 6.07) is 9.22. The van der Waals surface area contributed by atoms with Crippen molar-refractivity contribution in [2.24, 2.45) is 5.73 Å². The fourth-order valence-corrected chi connectivity index (χ4v) is 2.79. The first-order valence-electron chi connectivity index (χ1n) is 8.50. The first-order valence-corrected chi connectivity index (χ1v) is 8.50. The molecule has 1 aromatic carbocycles. The molecule has 0 atom stereocenters. The van der Waals surface area contributed by atoms with Crippen LogP contribution in [0.5, 0.6) is 5.88 Å². The number of carbonyl (C=O) groups is 1. The SMILES string of the molecule is CCOc1ccnc(N2CCN(C(=O)c3ccc(CN)cc3)CC2)n1.Cl. The van der Waals surface area contributed by atoms with Crippen molar-refractivity contribution < 1.29 is 9.53 Å². The molecule has 0 aliphatic carbocycles. The molecular weight excluding hydrogens is 354 g/mol. The van der Waals surface area contributed by atoms with Crippen LogP contribution in [0.1, 0.15) is 22.8 Å². The van der Waals surface area contributed by atoms with Crippen molar-refractivity contribution in [2.75, 3.05) is 37.7 Å². The predicted molar refractivity (Wildman–Crippen MR) is 103 cm³/mol. The van der Waals surface area contributed by atoms with E-state index in [1.807, 2.05) is 36.1 Å². The first kappa shape index (κ1) is 19.9. The predicted octanol–water partition coefficient (Wildman–Crippen LogP) is 1.72. The van der Waals surface area contributed by atoms with Crippen molar-refractivity contribution in [3.63, 3.8) is 0 Å². The molecule has 0 bridgehead atoms. The minimum absolute atomic E-state index is 0. The summed E-state index contributed by atoms with van der Waals surface area (Å²) >= 11 is 0. The Balaban J connectivity index is 0.00000243. The second-order valence-corrected chi connectivity index (χ2v) is 5.81. The van der Waals surface area contributed by atoms with Gasteiger partial charge in [0.1, 0.15) is 0 Å². The van der Waals surface area contributed by atoms with E-state index in [0.29, 0.717) is 56.7 Å². The van der Waals surface area contributed by atoms with Crippen LogP contribution in [0, 0.1) is 0 Å². The molecule has 1 aromatic heterocycles. The standard InChI is InChI=1S/C18H23N5O2.ClH/c1-2-25-16-7-8-20-18(21-16)23-11-9-22(10-12-23)17(24)15-5-3-14(13-19)4-6-15;/h3-8H,2,9-13,19H2,1H3;1H. The van der Waals surface area contributed by atoms with E-state index in [0.717, 1.165) is 5.56 Å². The number of amides is 1. The zero-order valence-corrected chi connectivity index (χ0v) is 15.6. The Morgan fingerprint density at radius 2 is 1.85 bits per heavy atom. The normalized spacial score (nSPS) is 13.9. The quantitative estimate of drug-likeness (QED) is 0.854. The van der Waals surface area contributed by atoms with Gasteiger partial charge in [0.2, 0.25) is 11.8 Å². The maximum atomic E-state index is 12.6. The summed E-state index contributed by atoms with van der Waals surface area (Å²) in [5.74, 6) is 1.27. The molecule has 1 fully saturated rings. The number of hydrogen-bond acceptors (Lipinski definition) is 6. The van der Waals surface area contributed by atoms with E-state index in [1.54, 1.807) is 12.3 Å². The highest BCUT2D eigenvalue weighted by Crippen LogP contribution is 2.16. The van der Waals surface area contributed by atoms with Gasteiger partial charge in [0.15, 0.2) is 0 Å². The summed E-state index contributed by atoms with van der Waals surface area (Å²) in [6.07, 6.45) is 1.70. The van der Waals surface area contributed by atoms with Crippen LogP contribution in [0.3, 0.4) is 0 Å². The monoisotopic (exact) mass is 377 g/mol. The minimum Gasteiger partial charge on any atom is -0.478 e. The van der Waals surface area contributed by atoms with Crippen molar-refractivity contribution in [3.8, 4) is 5.88 Å². The number of nitrogens with two attached hydrogens (primary N) is 1. The molecule has 2 aromatic rings. The Morgan fingerprint density at radius 3 is 2.46 bits per heavy atom. The van der Waals surface area contributed by atoms with Crippen LogP contribution in [0.15, 0.2) is 36.5 Å². The first-order chi connectivity index (χ1) is 12.2. The van der Waals surface area contributed by atoms with Crippen molar-refractivity contribution in [2.45, 2.75) is 13.5 Å². The van der Waals surface area contributed by atoms with Gasteiger partial charge in [0.25, 0.3) is 5.91 Å². The number of rotatable bonds is 5. The number of benzene rings is 1. The second-order valence-electron chi connectivity index (χ2n) is 5.81. The fraction of sp³-hybridized carbons (Fsp3) is 0.389. The number of anilines is 1. The molecule has 0 radical (unpaired) electrons. The molecule has 2 N–H and O–H groups in total. The van der Waals surface area contributed by atoms with Crippen LogP contribution in [0.25, 0.3) is 0 Å². The maximum Gasteiger partial charge on any atom is 0.253 e. The Morgan fingerprint density at radius 1 is 1.15 bits per heavy atom. The largest absolute Gasteiger partial charge is 0.478 e. The summed E-state index contributed by atoms with van der Waals surface area (Å²) in [5.41, 5.74) is 7.31. The number of aromatic nitrogens is 2. The molecule has 7 nitrogen and oxygen atoms in total. The van der Waals surface area contributed by atoms with Crippen LogP contribution < -0.4 is 15.4 Å². The van der Waals surface area contributed by atoms with E-state index in [4.69, 9.17) is 10.5 Å². The van der Waals surface area contributed by atoms with Gasteiger partial charge >= 0.3 is 0 Å². The maximum absolute atomic E-state index is 12.6. The van der Waals surface area contributed by atoms with Crippen molar-refractivity contribution in [1.29, 1.82) is 0 Å².